The van der Waals surface area contributed by atoms with E-state index < -0.39 is 5.54 Å². The minimum Gasteiger partial charge on any atom is -0.493 e. The lowest BCUT2D eigenvalue weighted by molar-refractivity contribution is 0.115. The molecule has 0 saturated carbocycles. The van der Waals surface area contributed by atoms with Gasteiger partial charge in [-0.3, -0.25) is 0 Å². The second-order valence-electron chi connectivity index (χ2n) is 8.17. The number of benzene rings is 2. The van der Waals surface area contributed by atoms with Gasteiger partial charge in [-0.05, 0) is 84.2 Å². The predicted molar refractivity (Wildman–Crippen MR) is 129 cm³/mol. The molecule has 31 heavy (non-hydrogen) atoms. The predicted octanol–water partition coefficient (Wildman–Crippen LogP) is 4.82. The molecule has 0 unspecified atom stereocenters. The topological polar surface area (TPSA) is 75.7 Å². The van der Waals surface area contributed by atoms with Crippen molar-refractivity contribution in [1.82, 2.24) is 0 Å². The van der Waals surface area contributed by atoms with Crippen molar-refractivity contribution in [3.63, 3.8) is 0 Å². The molecule has 0 aliphatic heterocycles. The van der Waals surface area contributed by atoms with Crippen LogP contribution in [0.4, 0.5) is 0 Å². The van der Waals surface area contributed by atoms with Crippen LogP contribution in [0.5, 0.6) is 5.75 Å². The number of nitrogens with two attached hydrogens (primary N) is 1. The van der Waals surface area contributed by atoms with Crippen LogP contribution in [-0.2, 0) is 12.8 Å². The number of ether oxygens (including phenoxy) is 1. The fraction of sp³-hybridized carbons (Fsp3) is 0.385. The first-order valence-electron chi connectivity index (χ1n) is 11.0. The molecule has 0 spiro atoms. The third-order valence-corrected chi connectivity index (χ3v) is 6.31. The smallest absolute Gasteiger partial charge is 0.127 e. The van der Waals surface area contributed by atoms with Crippen LogP contribution < -0.4 is 10.5 Å². The lowest BCUT2D eigenvalue weighted by atomic mass is 9.93. The maximum absolute atomic E-state index is 9.43. The summed E-state index contributed by atoms with van der Waals surface area (Å²) < 4.78 is 6.16. The summed E-state index contributed by atoms with van der Waals surface area (Å²) in [6, 6.07) is 18.9. The van der Waals surface area contributed by atoms with Crippen LogP contribution in [0.15, 0.2) is 65.4 Å². The Bertz CT molecular complexity index is 892. The number of rotatable bonds is 13. The van der Waals surface area contributed by atoms with E-state index in [9.17, 15) is 10.2 Å². The van der Waals surface area contributed by atoms with Crippen molar-refractivity contribution in [1.29, 1.82) is 0 Å². The Labute approximate surface area is 189 Å². The van der Waals surface area contributed by atoms with Gasteiger partial charge in [0, 0.05) is 5.56 Å². The molecule has 0 saturated heterocycles. The molecule has 1 heterocycles. The fourth-order valence-electron chi connectivity index (χ4n) is 3.54. The van der Waals surface area contributed by atoms with Crippen molar-refractivity contribution in [2.75, 3.05) is 19.8 Å². The second-order valence-corrected chi connectivity index (χ2v) is 8.95. The standard InChI is InChI=1S/C26H33NO3S/c27-26(19-28,20-29)14-12-22-10-11-25(24(17-22)23-13-16-31-18-23)30-15-6-2-5-9-21-7-3-1-4-8-21/h1,3-4,7-8,10-11,13,16-18,28-29H,2,5-6,9,12,14-15,19-20,27H2. The van der Waals surface area contributed by atoms with Crippen LogP contribution in [-0.4, -0.2) is 35.6 Å². The molecule has 0 aliphatic carbocycles. The Balaban J connectivity index is 1.55. The number of hydrogen-bond donors (Lipinski definition) is 3. The zero-order valence-corrected chi connectivity index (χ0v) is 18.8. The average molecular weight is 440 g/mol. The van der Waals surface area contributed by atoms with E-state index in [1.54, 1.807) is 11.3 Å². The van der Waals surface area contributed by atoms with Crippen molar-refractivity contribution >= 4 is 11.3 Å². The molecule has 0 atom stereocenters. The van der Waals surface area contributed by atoms with Crippen molar-refractivity contribution in [2.24, 2.45) is 5.73 Å². The number of unbranched alkanes of at least 4 members (excludes halogenated alkanes) is 2. The monoisotopic (exact) mass is 439 g/mol. The van der Waals surface area contributed by atoms with Gasteiger partial charge in [0.05, 0.1) is 25.4 Å². The summed E-state index contributed by atoms with van der Waals surface area (Å²) in [7, 11) is 0. The first-order chi connectivity index (χ1) is 15.1. The molecular weight excluding hydrogens is 406 g/mol. The summed E-state index contributed by atoms with van der Waals surface area (Å²) >= 11 is 1.67. The van der Waals surface area contributed by atoms with Crippen LogP contribution in [0.3, 0.4) is 0 Å². The third-order valence-electron chi connectivity index (χ3n) is 5.63. The van der Waals surface area contributed by atoms with Gasteiger partial charge < -0.3 is 20.7 Å². The lowest BCUT2D eigenvalue weighted by Gasteiger charge is -2.24. The molecular formula is C26H33NO3S. The highest BCUT2D eigenvalue weighted by atomic mass is 32.1. The summed E-state index contributed by atoms with van der Waals surface area (Å²) in [5.74, 6) is 0.897. The highest BCUT2D eigenvalue weighted by Crippen LogP contribution is 2.33. The number of aliphatic hydroxyl groups excluding tert-OH is 2. The van der Waals surface area contributed by atoms with Crippen molar-refractivity contribution in [2.45, 2.75) is 44.1 Å². The maximum atomic E-state index is 9.43. The highest BCUT2D eigenvalue weighted by molar-refractivity contribution is 7.08. The van der Waals surface area contributed by atoms with E-state index in [4.69, 9.17) is 10.5 Å². The van der Waals surface area contributed by atoms with E-state index in [-0.39, 0.29) is 13.2 Å². The third kappa shape index (κ3) is 7.18. The molecule has 1 aromatic heterocycles. The zero-order valence-electron chi connectivity index (χ0n) is 18.0. The quantitative estimate of drug-likeness (QED) is 0.334. The van der Waals surface area contributed by atoms with Crippen molar-refractivity contribution in [3.8, 4) is 16.9 Å². The molecule has 0 amide bonds. The van der Waals surface area contributed by atoms with Crippen LogP contribution in [0.2, 0.25) is 0 Å². The van der Waals surface area contributed by atoms with E-state index in [0.717, 1.165) is 41.7 Å². The van der Waals surface area contributed by atoms with Crippen molar-refractivity contribution < 1.29 is 14.9 Å². The number of thiophene rings is 1. The first-order valence-corrected chi connectivity index (χ1v) is 11.9. The molecule has 5 heteroatoms. The van der Waals surface area contributed by atoms with Gasteiger partial charge in [-0.2, -0.15) is 11.3 Å². The SMILES string of the molecule is NC(CO)(CO)CCc1ccc(OCCCCCc2ccccc2)c(-c2ccsc2)c1. The molecule has 0 bridgehead atoms. The van der Waals surface area contributed by atoms with E-state index in [2.05, 4.69) is 59.3 Å². The van der Waals surface area contributed by atoms with Gasteiger partial charge in [0.15, 0.2) is 0 Å². The average Bonchev–Trinajstić information content (AvgIpc) is 3.35. The Hall–Kier alpha value is -2.18. The minimum absolute atomic E-state index is 0.230. The van der Waals surface area contributed by atoms with Crippen LogP contribution in [0.25, 0.3) is 11.1 Å². The first kappa shape index (κ1) is 23.5. The van der Waals surface area contributed by atoms with Crippen molar-refractivity contribution in [3.05, 3.63) is 76.5 Å². The van der Waals surface area contributed by atoms with E-state index in [1.807, 2.05) is 6.07 Å². The summed E-state index contributed by atoms with van der Waals surface area (Å²) in [6.45, 7) is 0.241. The van der Waals surface area contributed by atoms with E-state index in [0.29, 0.717) is 19.4 Å². The van der Waals surface area contributed by atoms with Gasteiger partial charge >= 0.3 is 0 Å². The molecule has 0 fully saturated rings. The summed E-state index contributed by atoms with van der Waals surface area (Å²) in [6.07, 6.45) is 5.65. The lowest BCUT2D eigenvalue weighted by Crippen LogP contribution is -2.47. The number of hydrogen-bond acceptors (Lipinski definition) is 5. The molecule has 166 valence electrons. The molecule has 0 aliphatic rings. The zero-order chi connectivity index (χ0) is 21.9. The van der Waals surface area contributed by atoms with Gasteiger partial charge in [-0.25, -0.2) is 0 Å². The van der Waals surface area contributed by atoms with Gasteiger partial charge in [0.25, 0.3) is 0 Å². The number of aryl methyl sites for hydroxylation is 2. The summed E-state index contributed by atoms with van der Waals surface area (Å²) in [5, 5.41) is 23.1. The van der Waals surface area contributed by atoms with Gasteiger partial charge in [-0.1, -0.05) is 36.4 Å². The van der Waals surface area contributed by atoms with E-state index >= 15 is 0 Å². The summed E-state index contributed by atoms with van der Waals surface area (Å²) in [5.41, 5.74) is 9.82. The fourth-order valence-corrected chi connectivity index (χ4v) is 4.19. The summed E-state index contributed by atoms with van der Waals surface area (Å²) in [4.78, 5) is 0. The Morgan fingerprint density at radius 3 is 2.39 bits per heavy atom. The Morgan fingerprint density at radius 1 is 0.871 bits per heavy atom. The molecule has 4 N–H and O–H groups in total. The van der Waals surface area contributed by atoms with Crippen LogP contribution in [0.1, 0.15) is 36.8 Å². The molecule has 3 rings (SSSR count). The Kier molecular flexibility index (Phi) is 9.10. The normalized spacial score (nSPS) is 11.6. The van der Waals surface area contributed by atoms with Crippen LogP contribution in [0, 0.1) is 0 Å². The highest BCUT2D eigenvalue weighted by Gasteiger charge is 2.22. The molecule has 2 aromatic carbocycles. The molecule has 4 nitrogen and oxygen atoms in total. The van der Waals surface area contributed by atoms with Gasteiger partial charge in [0.1, 0.15) is 5.75 Å². The number of aliphatic hydroxyl groups is 2. The molecule has 3 aromatic rings. The second kappa shape index (κ2) is 12.0. The molecule has 0 radical (unpaired) electrons. The van der Waals surface area contributed by atoms with Gasteiger partial charge in [-0.15, -0.1) is 0 Å². The maximum Gasteiger partial charge on any atom is 0.127 e. The minimum atomic E-state index is -0.947. The largest absolute Gasteiger partial charge is 0.493 e. The Morgan fingerprint density at radius 2 is 1.68 bits per heavy atom. The van der Waals surface area contributed by atoms with E-state index in [1.165, 1.54) is 12.0 Å². The van der Waals surface area contributed by atoms with Gasteiger partial charge in [0.2, 0.25) is 0 Å². The van der Waals surface area contributed by atoms with Crippen LogP contribution >= 0.6 is 11.3 Å².